The van der Waals surface area contributed by atoms with E-state index < -0.39 is 0 Å². The van der Waals surface area contributed by atoms with Crippen LogP contribution in [0.5, 0.6) is 0 Å². The lowest BCUT2D eigenvalue weighted by Crippen LogP contribution is -2.29. The normalized spacial score (nSPS) is 22.8. The summed E-state index contributed by atoms with van der Waals surface area (Å²) in [7, 11) is 0. The molecule has 1 aromatic carbocycles. The standard InChI is InChI=1S/C28H31Cl2N3OS/c1-17-27(24(34)16-32-14-19-7-4-8-20(19)15-32)31-33(23-10-9-21(29)13-22(23)30)28(17)26-12-11-25(35-26)18-5-2-3-6-18/h9-13,18-20H,2-8,14-16H2,1H3. The molecule has 1 saturated heterocycles. The molecule has 2 atom stereocenters. The van der Waals surface area contributed by atoms with Crippen LogP contribution in [0.3, 0.4) is 0 Å². The quantitative estimate of drug-likeness (QED) is 0.307. The fourth-order valence-corrected chi connectivity index (χ4v) is 8.28. The van der Waals surface area contributed by atoms with Gasteiger partial charge < -0.3 is 0 Å². The number of benzene rings is 1. The van der Waals surface area contributed by atoms with Crippen LogP contribution in [-0.4, -0.2) is 40.1 Å². The van der Waals surface area contributed by atoms with Crippen molar-refractivity contribution in [2.45, 2.75) is 57.8 Å². The van der Waals surface area contributed by atoms with Gasteiger partial charge in [-0.15, -0.1) is 11.3 Å². The van der Waals surface area contributed by atoms with E-state index in [0.29, 0.717) is 28.2 Å². The van der Waals surface area contributed by atoms with Gasteiger partial charge in [-0.3, -0.25) is 9.69 Å². The Balaban J connectivity index is 1.37. The van der Waals surface area contributed by atoms with Crippen LogP contribution in [0, 0.1) is 18.8 Å². The summed E-state index contributed by atoms with van der Waals surface area (Å²) in [5.74, 6) is 2.29. The lowest BCUT2D eigenvalue weighted by molar-refractivity contribution is 0.0935. The molecule has 7 heteroatoms. The first kappa shape index (κ1) is 23.7. The predicted octanol–water partition coefficient (Wildman–Crippen LogP) is 7.79. The first-order valence-corrected chi connectivity index (χ1v) is 14.5. The van der Waals surface area contributed by atoms with Crippen molar-refractivity contribution in [2.75, 3.05) is 19.6 Å². The van der Waals surface area contributed by atoms with Crippen molar-refractivity contribution in [1.82, 2.24) is 14.7 Å². The summed E-state index contributed by atoms with van der Waals surface area (Å²) < 4.78 is 1.87. The molecule has 4 nitrogen and oxygen atoms in total. The lowest BCUT2D eigenvalue weighted by atomic mass is 10.0. The Morgan fingerprint density at radius 3 is 2.49 bits per heavy atom. The SMILES string of the molecule is Cc1c(C(=O)CN2CC3CCCC3C2)nn(-c2ccc(Cl)cc2Cl)c1-c1ccc(C2CCCC2)s1. The van der Waals surface area contributed by atoms with E-state index in [-0.39, 0.29) is 5.78 Å². The average Bonchev–Trinajstić information content (AvgIpc) is 3.61. The Kier molecular flexibility index (Phi) is 6.55. The van der Waals surface area contributed by atoms with Crippen LogP contribution in [0.4, 0.5) is 0 Å². The van der Waals surface area contributed by atoms with Crippen LogP contribution in [0.25, 0.3) is 16.3 Å². The van der Waals surface area contributed by atoms with Crippen LogP contribution in [0.15, 0.2) is 30.3 Å². The minimum absolute atomic E-state index is 0.0973. The predicted molar refractivity (Wildman–Crippen MR) is 144 cm³/mol. The van der Waals surface area contributed by atoms with Gasteiger partial charge in [0, 0.05) is 28.6 Å². The number of hydrogen-bond donors (Lipinski definition) is 0. The lowest BCUT2D eigenvalue weighted by Gasteiger charge is -2.15. The Hall–Kier alpha value is -1.66. The number of carbonyl (C=O) groups excluding carboxylic acids is 1. The van der Waals surface area contributed by atoms with E-state index in [1.165, 1.54) is 49.8 Å². The van der Waals surface area contributed by atoms with Gasteiger partial charge >= 0.3 is 0 Å². The van der Waals surface area contributed by atoms with Crippen molar-refractivity contribution in [1.29, 1.82) is 0 Å². The smallest absolute Gasteiger partial charge is 0.197 e. The zero-order valence-corrected chi connectivity index (χ0v) is 22.4. The highest BCUT2D eigenvalue weighted by Gasteiger charge is 2.37. The Labute approximate surface area is 221 Å². The molecule has 3 fully saturated rings. The highest BCUT2D eigenvalue weighted by molar-refractivity contribution is 7.15. The number of rotatable bonds is 6. The second-order valence-electron chi connectivity index (χ2n) is 10.6. The third kappa shape index (κ3) is 4.50. The zero-order chi connectivity index (χ0) is 24.1. The first-order valence-electron chi connectivity index (χ1n) is 12.9. The molecule has 2 aliphatic carbocycles. The zero-order valence-electron chi connectivity index (χ0n) is 20.1. The van der Waals surface area contributed by atoms with E-state index in [4.69, 9.17) is 28.3 Å². The number of thiophene rings is 1. The Morgan fingerprint density at radius 2 is 1.77 bits per heavy atom. The maximum absolute atomic E-state index is 13.6. The number of nitrogens with zero attached hydrogens (tertiary/aromatic N) is 3. The number of fused-ring (bicyclic) bond motifs is 1. The molecule has 3 aliphatic rings. The number of hydrogen-bond acceptors (Lipinski definition) is 4. The van der Waals surface area contributed by atoms with E-state index in [9.17, 15) is 4.79 Å². The highest BCUT2D eigenvalue weighted by Crippen LogP contribution is 2.42. The van der Waals surface area contributed by atoms with Crippen LogP contribution in [-0.2, 0) is 0 Å². The van der Waals surface area contributed by atoms with Gasteiger partial charge in [-0.25, -0.2) is 4.68 Å². The summed E-state index contributed by atoms with van der Waals surface area (Å²) >= 11 is 14.7. The van der Waals surface area contributed by atoms with Gasteiger partial charge in [0.05, 0.1) is 27.8 Å². The molecular weight excluding hydrogens is 497 g/mol. The molecule has 0 amide bonds. The summed E-state index contributed by atoms with van der Waals surface area (Å²) in [6.45, 7) is 4.56. The molecule has 3 heterocycles. The molecule has 0 bridgehead atoms. The molecular formula is C28H31Cl2N3OS. The summed E-state index contributed by atoms with van der Waals surface area (Å²) in [4.78, 5) is 18.5. The summed E-state index contributed by atoms with van der Waals surface area (Å²) in [5.41, 5.74) is 3.20. The van der Waals surface area contributed by atoms with E-state index in [1.807, 2.05) is 35.1 Å². The molecule has 0 radical (unpaired) electrons. The molecule has 6 rings (SSSR count). The number of ketones is 1. The Bertz CT molecular complexity index is 1250. The van der Waals surface area contributed by atoms with Gasteiger partial charge in [-0.05, 0) is 80.7 Å². The van der Waals surface area contributed by atoms with Crippen molar-refractivity contribution in [2.24, 2.45) is 11.8 Å². The second-order valence-corrected chi connectivity index (χ2v) is 12.5. The van der Waals surface area contributed by atoms with Gasteiger partial charge in [0.25, 0.3) is 0 Å². The van der Waals surface area contributed by atoms with Crippen LogP contribution >= 0.6 is 34.5 Å². The number of aromatic nitrogens is 2. The molecule has 0 N–H and O–H groups in total. The van der Waals surface area contributed by atoms with Crippen molar-refractivity contribution in [3.05, 3.63) is 56.5 Å². The second kappa shape index (κ2) is 9.66. The van der Waals surface area contributed by atoms with Crippen LogP contribution < -0.4 is 0 Å². The molecule has 2 unspecified atom stereocenters. The Morgan fingerprint density at radius 1 is 1.03 bits per heavy atom. The molecule has 2 saturated carbocycles. The minimum atomic E-state index is 0.0973. The van der Waals surface area contributed by atoms with Crippen LogP contribution in [0.2, 0.25) is 10.0 Å². The molecule has 184 valence electrons. The van der Waals surface area contributed by atoms with E-state index in [1.54, 1.807) is 6.07 Å². The summed E-state index contributed by atoms with van der Waals surface area (Å²) in [6.07, 6.45) is 9.12. The summed E-state index contributed by atoms with van der Waals surface area (Å²) in [6, 6.07) is 9.91. The van der Waals surface area contributed by atoms with Gasteiger partial charge in [-0.1, -0.05) is 42.5 Å². The van der Waals surface area contributed by atoms with Gasteiger partial charge in [0.1, 0.15) is 5.69 Å². The number of likely N-dealkylation sites (tertiary alicyclic amines) is 1. The van der Waals surface area contributed by atoms with Crippen LogP contribution in [0.1, 0.15) is 71.8 Å². The van der Waals surface area contributed by atoms with E-state index in [2.05, 4.69) is 17.0 Å². The third-order valence-electron chi connectivity index (χ3n) is 8.31. The maximum atomic E-state index is 13.6. The largest absolute Gasteiger partial charge is 0.295 e. The fourth-order valence-electron chi connectivity index (χ4n) is 6.53. The average molecular weight is 529 g/mol. The molecule has 3 aromatic rings. The molecule has 1 aliphatic heterocycles. The monoisotopic (exact) mass is 527 g/mol. The van der Waals surface area contributed by atoms with Crippen molar-refractivity contribution < 1.29 is 4.79 Å². The van der Waals surface area contributed by atoms with E-state index in [0.717, 1.165) is 46.7 Å². The van der Waals surface area contributed by atoms with Crippen molar-refractivity contribution >= 4 is 40.3 Å². The summed E-state index contributed by atoms with van der Waals surface area (Å²) in [5, 5.41) is 6.00. The van der Waals surface area contributed by atoms with Gasteiger partial charge in [0.2, 0.25) is 0 Å². The first-order chi connectivity index (χ1) is 17.0. The fraction of sp³-hybridized carbons (Fsp3) is 0.500. The van der Waals surface area contributed by atoms with Gasteiger partial charge in [-0.2, -0.15) is 5.10 Å². The van der Waals surface area contributed by atoms with E-state index >= 15 is 0 Å². The highest BCUT2D eigenvalue weighted by atomic mass is 35.5. The topological polar surface area (TPSA) is 38.1 Å². The van der Waals surface area contributed by atoms with Crippen molar-refractivity contribution in [3.63, 3.8) is 0 Å². The third-order valence-corrected chi connectivity index (χ3v) is 10.1. The molecule has 0 spiro atoms. The minimum Gasteiger partial charge on any atom is -0.295 e. The van der Waals surface area contributed by atoms with Crippen molar-refractivity contribution in [3.8, 4) is 16.3 Å². The maximum Gasteiger partial charge on any atom is 0.197 e. The molecule has 2 aromatic heterocycles. The molecule has 35 heavy (non-hydrogen) atoms. The number of Topliss-reactive ketones (excluding diaryl/α,β-unsaturated/α-hetero) is 1. The number of halogens is 2. The van der Waals surface area contributed by atoms with Gasteiger partial charge in [0.15, 0.2) is 5.78 Å². The number of carbonyl (C=O) groups is 1.